The number of hydrogen-bond acceptors (Lipinski definition) is 4. The number of carboxylic acids is 1. The molecule has 0 aliphatic rings. The maximum atomic E-state index is 11.6. The Kier molecular flexibility index (Phi) is 4.84. The van der Waals surface area contributed by atoms with Crippen molar-refractivity contribution >= 4 is 22.8 Å². The maximum Gasteiger partial charge on any atom is 0.305 e. The third-order valence-corrected chi connectivity index (χ3v) is 3.14. The lowest BCUT2D eigenvalue weighted by molar-refractivity contribution is -0.139. The van der Waals surface area contributed by atoms with E-state index in [1.807, 2.05) is 30.3 Å². The summed E-state index contributed by atoms with van der Waals surface area (Å²) in [6.45, 7) is 0.391. The third-order valence-electron chi connectivity index (χ3n) is 3.14. The summed E-state index contributed by atoms with van der Waals surface area (Å²) in [7, 11) is 0. The van der Waals surface area contributed by atoms with Crippen LogP contribution in [0.1, 0.15) is 12.0 Å². The molecule has 1 heterocycles. The number of pyridine rings is 1. The zero-order valence-electron chi connectivity index (χ0n) is 11.5. The molecule has 1 unspecified atom stereocenters. The maximum absolute atomic E-state index is 11.6. The van der Waals surface area contributed by atoms with Gasteiger partial charge in [-0.15, -0.1) is 0 Å². The molecule has 2 rings (SSSR count). The van der Waals surface area contributed by atoms with Crippen molar-refractivity contribution in [1.82, 2.24) is 10.3 Å². The number of rotatable bonds is 6. The highest BCUT2D eigenvalue weighted by Crippen LogP contribution is 2.15. The summed E-state index contributed by atoms with van der Waals surface area (Å²) in [5.41, 5.74) is 7.42. The Hall–Kier alpha value is -2.47. The summed E-state index contributed by atoms with van der Waals surface area (Å²) in [5.74, 6) is -1.54. The van der Waals surface area contributed by atoms with Gasteiger partial charge >= 0.3 is 5.97 Å². The van der Waals surface area contributed by atoms with E-state index in [0.717, 1.165) is 16.5 Å². The van der Waals surface area contributed by atoms with Gasteiger partial charge in [0.25, 0.3) is 0 Å². The number of amides is 1. The predicted octanol–water partition coefficient (Wildman–Crippen LogP) is 0.696. The Morgan fingerprint density at radius 1 is 1.29 bits per heavy atom. The molecule has 0 bridgehead atoms. The molecule has 0 fully saturated rings. The summed E-state index contributed by atoms with van der Waals surface area (Å²) in [6.07, 6.45) is 1.97. The Morgan fingerprint density at radius 2 is 2.05 bits per heavy atom. The van der Waals surface area contributed by atoms with Crippen LogP contribution in [0.3, 0.4) is 0 Å². The summed E-state index contributed by atoms with van der Waals surface area (Å²) in [4.78, 5) is 26.4. The number of carbonyl (C=O) groups excluding carboxylic acids is 1. The van der Waals surface area contributed by atoms with E-state index in [1.54, 1.807) is 6.20 Å². The van der Waals surface area contributed by atoms with E-state index in [1.165, 1.54) is 0 Å². The molecule has 0 aliphatic heterocycles. The summed E-state index contributed by atoms with van der Waals surface area (Å²) < 4.78 is 0. The summed E-state index contributed by atoms with van der Waals surface area (Å²) >= 11 is 0. The molecule has 0 radical (unpaired) electrons. The average molecular weight is 287 g/mol. The van der Waals surface area contributed by atoms with Crippen LogP contribution in [0.4, 0.5) is 0 Å². The van der Waals surface area contributed by atoms with Crippen LogP contribution in [0.5, 0.6) is 0 Å². The Bertz CT molecular complexity index is 652. The molecule has 0 spiro atoms. The number of hydrogen-bond donors (Lipinski definition) is 3. The van der Waals surface area contributed by atoms with Crippen LogP contribution >= 0.6 is 0 Å². The van der Waals surface area contributed by atoms with Crippen LogP contribution in [-0.2, 0) is 16.0 Å². The van der Waals surface area contributed by atoms with E-state index < -0.39 is 17.9 Å². The molecule has 0 aliphatic carbocycles. The molecule has 1 atom stereocenters. The number of carboxylic acid groups (broad SMARTS) is 1. The van der Waals surface area contributed by atoms with Crippen molar-refractivity contribution in [2.24, 2.45) is 5.73 Å². The van der Waals surface area contributed by atoms with E-state index in [-0.39, 0.29) is 6.42 Å². The van der Waals surface area contributed by atoms with Crippen LogP contribution < -0.4 is 11.1 Å². The van der Waals surface area contributed by atoms with Gasteiger partial charge in [-0.1, -0.05) is 24.3 Å². The lowest BCUT2D eigenvalue weighted by Crippen LogP contribution is -2.42. The molecule has 1 aromatic heterocycles. The van der Waals surface area contributed by atoms with Crippen molar-refractivity contribution in [3.8, 4) is 0 Å². The molecule has 6 nitrogen and oxygen atoms in total. The topological polar surface area (TPSA) is 105 Å². The average Bonchev–Trinajstić information content (AvgIpc) is 2.46. The molecule has 1 aromatic carbocycles. The standard InChI is InChI=1S/C15H17N3O3/c16-12(9-13(19)20)15(21)18-8-6-11-4-1-3-10-5-2-7-17-14(10)11/h1-5,7,12H,6,8-9,16H2,(H,18,21)(H,19,20). The van der Waals surface area contributed by atoms with Crippen LogP contribution in [0, 0.1) is 0 Å². The predicted molar refractivity (Wildman–Crippen MR) is 78.7 cm³/mol. The molecular weight excluding hydrogens is 270 g/mol. The van der Waals surface area contributed by atoms with Crippen molar-refractivity contribution in [2.75, 3.05) is 6.54 Å². The van der Waals surface area contributed by atoms with E-state index in [9.17, 15) is 9.59 Å². The molecule has 0 saturated carbocycles. The lowest BCUT2D eigenvalue weighted by atomic mass is 10.1. The van der Waals surface area contributed by atoms with Crippen molar-refractivity contribution in [2.45, 2.75) is 18.9 Å². The number of carbonyl (C=O) groups is 2. The van der Waals surface area contributed by atoms with Gasteiger partial charge in [0.2, 0.25) is 5.91 Å². The minimum absolute atomic E-state index is 0.373. The number of nitrogens with zero attached hydrogens (tertiary/aromatic N) is 1. The first-order chi connectivity index (χ1) is 10.1. The van der Waals surface area contributed by atoms with E-state index >= 15 is 0 Å². The monoisotopic (exact) mass is 287 g/mol. The minimum atomic E-state index is -1.09. The molecule has 4 N–H and O–H groups in total. The van der Waals surface area contributed by atoms with Crippen LogP contribution in [-0.4, -0.2) is 34.6 Å². The highest BCUT2D eigenvalue weighted by Gasteiger charge is 2.16. The van der Waals surface area contributed by atoms with Gasteiger partial charge in [0.05, 0.1) is 18.0 Å². The summed E-state index contributed by atoms with van der Waals surface area (Å²) in [5, 5.41) is 12.3. The van der Waals surface area contributed by atoms with Gasteiger partial charge in [0, 0.05) is 18.1 Å². The first kappa shape index (κ1) is 14.9. The third kappa shape index (κ3) is 4.00. The molecule has 1 amide bonds. The number of fused-ring (bicyclic) bond motifs is 1. The fraction of sp³-hybridized carbons (Fsp3) is 0.267. The van der Waals surface area contributed by atoms with Gasteiger partial charge < -0.3 is 16.2 Å². The first-order valence-corrected chi connectivity index (χ1v) is 6.65. The van der Waals surface area contributed by atoms with Gasteiger partial charge in [-0.2, -0.15) is 0 Å². The van der Waals surface area contributed by atoms with Gasteiger partial charge in [0.1, 0.15) is 0 Å². The second-order valence-electron chi connectivity index (χ2n) is 4.74. The fourth-order valence-electron chi connectivity index (χ4n) is 2.10. The highest BCUT2D eigenvalue weighted by molar-refractivity contribution is 5.86. The highest BCUT2D eigenvalue weighted by atomic mass is 16.4. The first-order valence-electron chi connectivity index (χ1n) is 6.65. The van der Waals surface area contributed by atoms with Crippen LogP contribution in [0.2, 0.25) is 0 Å². The van der Waals surface area contributed by atoms with Crippen LogP contribution in [0.25, 0.3) is 10.9 Å². The van der Waals surface area contributed by atoms with Crippen molar-refractivity contribution in [1.29, 1.82) is 0 Å². The lowest BCUT2D eigenvalue weighted by Gasteiger charge is -2.11. The quantitative estimate of drug-likeness (QED) is 0.725. The number of nitrogens with two attached hydrogens (primary N) is 1. The summed E-state index contributed by atoms with van der Waals surface area (Å²) in [6, 6.07) is 8.71. The molecule has 21 heavy (non-hydrogen) atoms. The number of para-hydroxylation sites is 1. The number of benzene rings is 1. The van der Waals surface area contributed by atoms with Crippen molar-refractivity contribution in [3.05, 3.63) is 42.1 Å². The SMILES string of the molecule is NC(CC(=O)O)C(=O)NCCc1cccc2cccnc12. The smallest absolute Gasteiger partial charge is 0.305 e. The van der Waals surface area contributed by atoms with E-state index in [4.69, 9.17) is 10.8 Å². The molecule has 0 saturated heterocycles. The van der Waals surface area contributed by atoms with Crippen molar-refractivity contribution < 1.29 is 14.7 Å². The number of aromatic nitrogens is 1. The fourth-order valence-corrected chi connectivity index (χ4v) is 2.10. The van der Waals surface area contributed by atoms with Gasteiger partial charge in [-0.25, -0.2) is 0 Å². The van der Waals surface area contributed by atoms with Crippen molar-refractivity contribution in [3.63, 3.8) is 0 Å². The second kappa shape index (κ2) is 6.81. The number of aliphatic carboxylic acids is 1. The Labute approximate surface area is 122 Å². The minimum Gasteiger partial charge on any atom is -0.481 e. The zero-order valence-corrected chi connectivity index (χ0v) is 11.5. The van der Waals surface area contributed by atoms with Gasteiger partial charge in [0.15, 0.2) is 0 Å². The van der Waals surface area contributed by atoms with E-state index in [2.05, 4.69) is 10.3 Å². The molecular formula is C15H17N3O3. The Balaban J connectivity index is 1.93. The van der Waals surface area contributed by atoms with Crippen LogP contribution in [0.15, 0.2) is 36.5 Å². The molecule has 110 valence electrons. The number of nitrogens with one attached hydrogen (secondary N) is 1. The molecule has 2 aromatic rings. The van der Waals surface area contributed by atoms with Gasteiger partial charge in [-0.3, -0.25) is 14.6 Å². The van der Waals surface area contributed by atoms with E-state index in [0.29, 0.717) is 13.0 Å². The molecule has 6 heteroatoms. The normalized spacial score (nSPS) is 12.0. The zero-order chi connectivity index (χ0) is 15.2. The van der Waals surface area contributed by atoms with Gasteiger partial charge in [-0.05, 0) is 18.1 Å². The largest absolute Gasteiger partial charge is 0.481 e. The Morgan fingerprint density at radius 3 is 2.81 bits per heavy atom. The second-order valence-corrected chi connectivity index (χ2v) is 4.74.